The second-order valence-electron chi connectivity index (χ2n) is 7.53. The summed E-state index contributed by atoms with van der Waals surface area (Å²) in [5, 5.41) is 5.98. The Morgan fingerprint density at radius 2 is 1.85 bits per heavy atom. The highest BCUT2D eigenvalue weighted by Gasteiger charge is 2.27. The van der Waals surface area contributed by atoms with Gasteiger partial charge in [0.15, 0.2) is 0 Å². The van der Waals surface area contributed by atoms with E-state index in [1.807, 2.05) is 6.07 Å². The van der Waals surface area contributed by atoms with E-state index in [9.17, 15) is 0 Å². The third kappa shape index (κ3) is 3.44. The molecule has 0 radical (unpaired) electrons. The molecule has 0 bridgehead atoms. The van der Waals surface area contributed by atoms with Crippen LogP contribution in [0, 0.1) is 0 Å². The lowest BCUT2D eigenvalue weighted by molar-refractivity contribution is 0.00791. The largest absolute Gasteiger partial charge is 0.379 e. The maximum Gasteiger partial charge on any atom is 0.200 e. The summed E-state index contributed by atoms with van der Waals surface area (Å²) >= 11 is 3.47. The first-order valence-electron chi connectivity index (χ1n) is 9.80. The van der Waals surface area contributed by atoms with Crippen molar-refractivity contribution in [2.45, 2.75) is 37.8 Å². The molecule has 1 aliphatic heterocycles. The number of ether oxygens (including phenoxy) is 1. The summed E-state index contributed by atoms with van der Waals surface area (Å²) in [6.07, 6.45) is 4.82. The molecule has 0 spiro atoms. The van der Waals surface area contributed by atoms with Gasteiger partial charge < -0.3 is 15.0 Å². The van der Waals surface area contributed by atoms with Crippen LogP contribution >= 0.6 is 15.9 Å². The highest BCUT2D eigenvalue weighted by Crippen LogP contribution is 2.33. The van der Waals surface area contributed by atoms with Gasteiger partial charge in [0, 0.05) is 36.1 Å². The van der Waals surface area contributed by atoms with Gasteiger partial charge in [0.2, 0.25) is 4.73 Å². The van der Waals surface area contributed by atoms with Crippen LogP contribution in [-0.2, 0) is 4.74 Å². The predicted molar refractivity (Wildman–Crippen MR) is 111 cm³/mol. The van der Waals surface area contributed by atoms with Crippen molar-refractivity contribution in [3.63, 3.8) is 0 Å². The number of aromatic amines is 1. The van der Waals surface area contributed by atoms with Crippen LogP contribution in [0.4, 0.5) is 5.82 Å². The van der Waals surface area contributed by atoms with Gasteiger partial charge in [0.1, 0.15) is 11.5 Å². The van der Waals surface area contributed by atoms with Gasteiger partial charge in [0.25, 0.3) is 0 Å². The van der Waals surface area contributed by atoms with Crippen LogP contribution in [0.15, 0.2) is 29.0 Å². The molecule has 0 unspecified atom stereocenters. The molecule has 2 fully saturated rings. The molecule has 142 valence electrons. The first-order valence-corrected chi connectivity index (χ1v) is 10.6. The van der Waals surface area contributed by atoms with E-state index in [-0.39, 0.29) is 0 Å². The summed E-state index contributed by atoms with van der Waals surface area (Å²) in [4.78, 5) is 15.2. The maximum absolute atomic E-state index is 5.49. The Balaban J connectivity index is 1.36. The maximum atomic E-state index is 5.49. The summed E-state index contributed by atoms with van der Waals surface area (Å²) in [5.74, 6) is 0.930. The zero-order valence-corrected chi connectivity index (χ0v) is 16.8. The molecule has 6 nitrogen and oxygen atoms in total. The van der Waals surface area contributed by atoms with Crippen molar-refractivity contribution in [1.82, 2.24) is 19.9 Å². The number of H-pyrrole nitrogens is 1. The summed E-state index contributed by atoms with van der Waals surface area (Å²) in [5.41, 5.74) is 1.97. The molecule has 2 N–H and O–H groups in total. The van der Waals surface area contributed by atoms with Crippen LogP contribution in [0.5, 0.6) is 0 Å². The minimum atomic E-state index is 0.459. The SMILES string of the molecule is Brc1nc(NC2CCC(N3CCOCC3)CC2)c2c(n1)[nH]c1ccccc12. The molecule has 3 aromatic rings. The van der Waals surface area contributed by atoms with Gasteiger partial charge in [-0.2, -0.15) is 0 Å². The highest BCUT2D eigenvalue weighted by molar-refractivity contribution is 9.10. The van der Waals surface area contributed by atoms with Gasteiger partial charge in [-0.3, -0.25) is 4.90 Å². The third-order valence-electron chi connectivity index (χ3n) is 5.93. The number of nitrogens with one attached hydrogen (secondary N) is 2. The summed E-state index contributed by atoms with van der Waals surface area (Å²) in [6, 6.07) is 9.49. The number of hydrogen-bond donors (Lipinski definition) is 2. The molecule has 1 aromatic carbocycles. The fraction of sp³-hybridized carbons (Fsp3) is 0.500. The predicted octanol–water partition coefficient (Wildman–Crippen LogP) is 3.93. The zero-order valence-electron chi connectivity index (χ0n) is 15.2. The molecule has 3 heterocycles. The number of morpholine rings is 1. The molecule has 2 aromatic heterocycles. The van der Waals surface area contributed by atoms with Crippen molar-refractivity contribution in [3.05, 3.63) is 29.0 Å². The monoisotopic (exact) mass is 429 g/mol. The number of aromatic nitrogens is 3. The van der Waals surface area contributed by atoms with Gasteiger partial charge in [-0.15, -0.1) is 0 Å². The molecular formula is C20H24BrN5O. The van der Waals surface area contributed by atoms with Gasteiger partial charge in [-0.05, 0) is 47.7 Å². The van der Waals surface area contributed by atoms with E-state index >= 15 is 0 Å². The lowest BCUT2D eigenvalue weighted by Crippen LogP contribution is -2.46. The average Bonchev–Trinajstić information content (AvgIpc) is 3.07. The number of fused-ring (bicyclic) bond motifs is 3. The Morgan fingerprint density at radius 1 is 1.07 bits per heavy atom. The summed E-state index contributed by atoms with van der Waals surface area (Å²) in [6.45, 7) is 3.92. The van der Waals surface area contributed by atoms with E-state index in [1.54, 1.807) is 0 Å². The van der Waals surface area contributed by atoms with Crippen molar-refractivity contribution in [1.29, 1.82) is 0 Å². The zero-order chi connectivity index (χ0) is 18.2. The van der Waals surface area contributed by atoms with Crippen LogP contribution < -0.4 is 5.32 Å². The smallest absolute Gasteiger partial charge is 0.200 e. The summed E-state index contributed by atoms with van der Waals surface area (Å²) < 4.78 is 6.11. The molecule has 0 amide bonds. The van der Waals surface area contributed by atoms with E-state index < -0.39 is 0 Å². The normalized spacial score (nSPS) is 24.5. The van der Waals surface area contributed by atoms with Crippen molar-refractivity contribution in [2.75, 3.05) is 31.6 Å². The molecule has 1 saturated heterocycles. The topological polar surface area (TPSA) is 66.1 Å². The van der Waals surface area contributed by atoms with E-state index in [1.165, 1.54) is 31.1 Å². The fourth-order valence-electron chi connectivity index (χ4n) is 4.54. The van der Waals surface area contributed by atoms with E-state index in [0.29, 0.717) is 16.8 Å². The molecule has 2 aliphatic rings. The lowest BCUT2D eigenvalue weighted by atomic mass is 9.90. The Kier molecular flexibility index (Phi) is 4.75. The lowest BCUT2D eigenvalue weighted by Gasteiger charge is -2.39. The van der Waals surface area contributed by atoms with Crippen LogP contribution in [0.1, 0.15) is 25.7 Å². The van der Waals surface area contributed by atoms with Gasteiger partial charge in [0.05, 0.1) is 18.6 Å². The molecule has 0 atom stereocenters. The van der Waals surface area contributed by atoms with E-state index in [4.69, 9.17) is 4.74 Å². The van der Waals surface area contributed by atoms with Crippen LogP contribution in [-0.4, -0.2) is 58.2 Å². The number of nitrogens with zero attached hydrogens (tertiary/aromatic N) is 3. The van der Waals surface area contributed by atoms with Crippen molar-refractivity contribution >= 4 is 43.7 Å². The highest BCUT2D eigenvalue weighted by atomic mass is 79.9. The van der Waals surface area contributed by atoms with Crippen molar-refractivity contribution < 1.29 is 4.74 Å². The second kappa shape index (κ2) is 7.37. The molecular weight excluding hydrogens is 406 g/mol. The minimum absolute atomic E-state index is 0.459. The molecule has 1 aliphatic carbocycles. The Morgan fingerprint density at radius 3 is 2.67 bits per heavy atom. The molecule has 7 heteroatoms. The van der Waals surface area contributed by atoms with E-state index in [2.05, 4.69) is 59.3 Å². The number of para-hydroxylation sites is 1. The average molecular weight is 430 g/mol. The number of anilines is 1. The molecule has 5 rings (SSSR count). The van der Waals surface area contributed by atoms with Crippen LogP contribution in [0.3, 0.4) is 0 Å². The Bertz CT molecular complexity index is 944. The number of rotatable bonds is 3. The Labute approximate surface area is 166 Å². The third-order valence-corrected chi connectivity index (χ3v) is 6.29. The molecule has 27 heavy (non-hydrogen) atoms. The minimum Gasteiger partial charge on any atom is -0.379 e. The van der Waals surface area contributed by atoms with Crippen LogP contribution in [0.2, 0.25) is 0 Å². The second-order valence-corrected chi connectivity index (χ2v) is 8.24. The standard InChI is InChI=1S/C20H24BrN5O/c21-20-24-18(17-15-3-1-2-4-16(15)23-19(17)25-20)22-13-5-7-14(8-6-13)26-9-11-27-12-10-26/h1-4,13-14H,5-12H2,(H2,22,23,24,25). The number of halogens is 1. The Hall–Kier alpha value is -1.70. The summed E-state index contributed by atoms with van der Waals surface area (Å²) in [7, 11) is 0. The van der Waals surface area contributed by atoms with E-state index in [0.717, 1.165) is 48.7 Å². The number of hydrogen-bond acceptors (Lipinski definition) is 5. The van der Waals surface area contributed by atoms with Crippen LogP contribution in [0.25, 0.3) is 21.9 Å². The quantitative estimate of drug-likeness (QED) is 0.617. The first-order chi connectivity index (χ1) is 13.3. The molecule has 1 saturated carbocycles. The number of benzene rings is 1. The fourth-order valence-corrected chi connectivity index (χ4v) is 4.90. The van der Waals surface area contributed by atoms with Gasteiger partial charge >= 0.3 is 0 Å². The van der Waals surface area contributed by atoms with Crippen molar-refractivity contribution in [2.24, 2.45) is 0 Å². The van der Waals surface area contributed by atoms with Gasteiger partial charge in [-0.1, -0.05) is 18.2 Å². The first kappa shape index (κ1) is 17.4. The van der Waals surface area contributed by atoms with Crippen molar-refractivity contribution in [3.8, 4) is 0 Å². The van der Waals surface area contributed by atoms with Gasteiger partial charge in [-0.25, -0.2) is 9.97 Å².